The molecule has 0 bridgehead atoms. The van der Waals surface area contributed by atoms with Gasteiger partial charge in [0.2, 0.25) is 0 Å². The van der Waals surface area contributed by atoms with Crippen molar-refractivity contribution in [2.24, 2.45) is 5.92 Å². The lowest BCUT2D eigenvalue weighted by molar-refractivity contribution is -0.0559. The summed E-state index contributed by atoms with van der Waals surface area (Å²) < 4.78 is 6.22. The Morgan fingerprint density at radius 3 is 2.53 bits per heavy atom. The number of rotatable bonds is 3. The van der Waals surface area contributed by atoms with E-state index in [1.54, 1.807) is 0 Å². The van der Waals surface area contributed by atoms with Gasteiger partial charge in [-0.2, -0.15) is 0 Å². The summed E-state index contributed by atoms with van der Waals surface area (Å²) in [5.41, 5.74) is 0.461. The van der Waals surface area contributed by atoms with Crippen molar-refractivity contribution in [2.45, 2.75) is 76.7 Å². The second kappa shape index (κ2) is 4.71. The molecule has 3 fully saturated rings. The molecule has 3 atom stereocenters. The molecule has 0 radical (unpaired) electrons. The van der Waals surface area contributed by atoms with Gasteiger partial charge in [-0.1, -0.05) is 0 Å². The molecule has 1 N–H and O–H groups in total. The van der Waals surface area contributed by atoms with E-state index < -0.39 is 0 Å². The van der Waals surface area contributed by atoms with Crippen LogP contribution in [0.2, 0.25) is 0 Å². The molecule has 1 saturated carbocycles. The molecular weight excluding hydrogens is 236 g/mol. The minimum absolute atomic E-state index is 0.0975. The molecule has 0 aromatic carbocycles. The third kappa shape index (κ3) is 2.84. The number of hydrogen-bond donors (Lipinski definition) is 1. The monoisotopic (exact) mass is 266 g/mol. The van der Waals surface area contributed by atoms with E-state index in [0.29, 0.717) is 17.7 Å². The van der Waals surface area contributed by atoms with Crippen LogP contribution in [0.1, 0.15) is 53.4 Å². The summed E-state index contributed by atoms with van der Waals surface area (Å²) in [7, 11) is 0. The van der Waals surface area contributed by atoms with Gasteiger partial charge >= 0.3 is 0 Å². The molecule has 2 heterocycles. The Balaban J connectivity index is 1.66. The first-order valence-corrected chi connectivity index (χ1v) is 8.05. The van der Waals surface area contributed by atoms with Crippen LogP contribution in [-0.4, -0.2) is 47.8 Å². The molecule has 3 rings (SSSR count). The summed E-state index contributed by atoms with van der Waals surface area (Å²) in [6, 6.07) is 0.612. The largest absolute Gasteiger partial charge is 0.371 e. The van der Waals surface area contributed by atoms with Crippen molar-refractivity contribution in [3.8, 4) is 0 Å². The van der Waals surface area contributed by atoms with Crippen LogP contribution in [0.3, 0.4) is 0 Å². The standard InChI is InChI=1S/C16H30N2O/c1-12-9-18(10-14-7-8-15(2,3)19-14)16(4,11-17-12)13-5-6-13/h12-14,17H,5-11H2,1-4H3. The van der Waals surface area contributed by atoms with Gasteiger partial charge < -0.3 is 10.1 Å². The van der Waals surface area contributed by atoms with Crippen LogP contribution in [0.15, 0.2) is 0 Å². The summed E-state index contributed by atoms with van der Waals surface area (Å²) in [6.07, 6.45) is 5.71. The van der Waals surface area contributed by atoms with Gasteiger partial charge in [-0.15, -0.1) is 0 Å². The topological polar surface area (TPSA) is 24.5 Å². The van der Waals surface area contributed by atoms with Gasteiger partial charge in [0.25, 0.3) is 0 Å². The Kier molecular flexibility index (Phi) is 3.43. The van der Waals surface area contributed by atoms with E-state index in [-0.39, 0.29) is 5.60 Å². The Morgan fingerprint density at radius 1 is 1.21 bits per heavy atom. The maximum atomic E-state index is 6.22. The summed E-state index contributed by atoms with van der Waals surface area (Å²) in [6.45, 7) is 12.7. The van der Waals surface area contributed by atoms with Crippen LogP contribution >= 0.6 is 0 Å². The van der Waals surface area contributed by atoms with Crippen LogP contribution < -0.4 is 5.32 Å². The van der Waals surface area contributed by atoms with Crippen molar-refractivity contribution in [3.63, 3.8) is 0 Å². The molecule has 19 heavy (non-hydrogen) atoms. The van der Waals surface area contributed by atoms with Crippen LogP contribution in [0.4, 0.5) is 0 Å². The lowest BCUT2D eigenvalue weighted by Crippen LogP contribution is -2.64. The predicted molar refractivity (Wildman–Crippen MR) is 78.4 cm³/mol. The van der Waals surface area contributed by atoms with Crippen LogP contribution in [0.25, 0.3) is 0 Å². The Labute approximate surface area is 118 Å². The predicted octanol–water partition coefficient (Wildman–Crippen LogP) is 2.41. The first kappa shape index (κ1) is 13.8. The highest BCUT2D eigenvalue weighted by molar-refractivity contribution is 5.05. The lowest BCUT2D eigenvalue weighted by Gasteiger charge is -2.49. The molecule has 0 amide bonds. The Hall–Kier alpha value is -0.120. The number of ether oxygens (including phenoxy) is 1. The van der Waals surface area contributed by atoms with E-state index in [1.807, 2.05) is 0 Å². The molecule has 2 saturated heterocycles. The molecule has 0 aromatic rings. The molecule has 3 aliphatic rings. The molecule has 1 aliphatic carbocycles. The van der Waals surface area contributed by atoms with E-state index in [2.05, 4.69) is 37.9 Å². The maximum Gasteiger partial charge on any atom is 0.0710 e. The number of nitrogens with one attached hydrogen (secondary N) is 1. The summed E-state index contributed by atoms with van der Waals surface area (Å²) >= 11 is 0. The van der Waals surface area contributed by atoms with Gasteiger partial charge in [0, 0.05) is 31.2 Å². The van der Waals surface area contributed by atoms with E-state index in [1.165, 1.54) is 32.2 Å². The minimum atomic E-state index is 0.0975. The normalized spacial score (nSPS) is 43.6. The van der Waals surface area contributed by atoms with Gasteiger partial charge in [0.05, 0.1) is 11.7 Å². The number of piperazine rings is 1. The fourth-order valence-electron chi connectivity index (χ4n) is 3.94. The van der Waals surface area contributed by atoms with Crippen LogP contribution in [0, 0.1) is 5.92 Å². The fourth-order valence-corrected chi connectivity index (χ4v) is 3.94. The third-order valence-electron chi connectivity index (χ3n) is 5.46. The summed E-state index contributed by atoms with van der Waals surface area (Å²) in [5, 5.41) is 3.68. The van der Waals surface area contributed by atoms with E-state index in [0.717, 1.165) is 19.0 Å². The van der Waals surface area contributed by atoms with Gasteiger partial charge in [-0.05, 0) is 59.3 Å². The Bertz CT molecular complexity index is 340. The van der Waals surface area contributed by atoms with Crippen molar-refractivity contribution in [2.75, 3.05) is 19.6 Å². The third-order valence-corrected chi connectivity index (χ3v) is 5.46. The van der Waals surface area contributed by atoms with Gasteiger partial charge in [0.1, 0.15) is 0 Å². The fraction of sp³-hybridized carbons (Fsp3) is 1.00. The molecular formula is C16H30N2O. The first-order chi connectivity index (χ1) is 8.89. The quantitative estimate of drug-likeness (QED) is 0.849. The number of nitrogens with zero attached hydrogens (tertiary/aromatic N) is 1. The van der Waals surface area contributed by atoms with Gasteiger partial charge in [-0.25, -0.2) is 0 Å². The van der Waals surface area contributed by atoms with Crippen LogP contribution in [0.5, 0.6) is 0 Å². The van der Waals surface area contributed by atoms with Crippen molar-refractivity contribution in [1.29, 1.82) is 0 Å². The molecule has 0 spiro atoms. The second-order valence-electron chi connectivity index (χ2n) is 7.86. The molecule has 3 unspecified atom stereocenters. The maximum absolute atomic E-state index is 6.22. The molecule has 3 heteroatoms. The van der Waals surface area contributed by atoms with E-state index in [4.69, 9.17) is 4.74 Å². The SMILES string of the molecule is CC1CN(CC2CCC(C)(C)O2)C(C)(C2CC2)CN1. The highest BCUT2D eigenvalue weighted by Gasteiger charge is 2.48. The van der Waals surface area contributed by atoms with Crippen molar-refractivity contribution in [3.05, 3.63) is 0 Å². The molecule has 110 valence electrons. The van der Waals surface area contributed by atoms with E-state index >= 15 is 0 Å². The zero-order chi connectivity index (χ0) is 13.7. The highest BCUT2D eigenvalue weighted by atomic mass is 16.5. The average Bonchev–Trinajstić information content (AvgIpc) is 3.11. The van der Waals surface area contributed by atoms with Crippen molar-refractivity contribution >= 4 is 0 Å². The highest BCUT2D eigenvalue weighted by Crippen LogP contribution is 2.44. The van der Waals surface area contributed by atoms with E-state index in [9.17, 15) is 0 Å². The average molecular weight is 266 g/mol. The summed E-state index contributed by atoms with van der Waals surface area (Å²) in [5.74, 6) is 0.905. The number of hydrogen-bond acceptors (Lipinski definition) is 3. The second-order valence-corrected chi connectivity index (χ2v) is 7.86. The smallest absolute Gasteiger partial charge is 0.0710 e. The van der Waals surface area contributed by atoms with Crippen LogP contribution in [-0.2, 0) is 4.74 Å². The van der Waals surface area contributed by atoms with Gasteiger partial charge in [0.15, 0.2) is 0 Å². The molecule has 0 aromatic heterocycles. The van der Waals surface area contributed by atoms with Crippen molar-refractivity contribution < 1.29 is 4.74 Å². The van der Waals surface area contributed by atoms with Crippen molar-refractivity contribution in [1.82, 2.24) is 10.2 Å². The summed E-state index contributed by atoms with van der Waals surface area (Å²) in [4.78, 5) is 2.73. The van der Waals surface area contributed by atoms with Gasteiger partial charge in [-0.3, -0.25) is 4.90 Å². The molecule has 2 aliphatic heterocycles. The zero-order valence-corrected chi connectivity index (χ0v) is 13.0. The Morgan fingerprint density at radius 2 is 1.95 bits per heavy atom. The first-order valence-electron chi connectivity index (χ1n) is 8.05. The molecule has 3 nitrogen and oxygen atoms in total. The lowest BCUT2D eigenvalue weighted by atomic mass is 9.89. The minimum Gasteiger partial charge on any atom is -0.371 e. The zero-order valence-electron chi connectivity index (χ0n) is 13.0.